The summed E-state index contributed by atoms with van der Waals surface area (Å²) >= 11 is 0. The van der Waals surface area contributed by atoms with E-state index < -0.39 is 0 Å². The zero-order chi connectivity index (χ0) is 21.0. The van der Waals surface area contributed by atoms with Crippen molar-refractivity contribution in [2.75, 3.05) is 40.7 Å². The van der Waals surface area contributed by atoms with E-state index in [1.54, 1.807) is 19.2 Å². The first kappa shape index (κ1) is 21.3. The highest BCUT2D eigenvalue weighted by Crippen LogP contribution is 2.34. The number of benzene rings is 1. The van der Waals surface area contributed by atoms with Crippen molar-refractivity contribution in [2.24, 2.45) is 0 Å². The summed E-state index contributed by atoms with van der Waals surface area (Å²) in [5.41, 5.74) is 2.09. The molecular formula is C22H29NO6. The number of likely N-dealkylation sites (tertiary alicyclic amines) is 1. The van der Waals surface area contributed by atoms with Gasteiger partial charge < -0.3 is 23.5 Å². The molecule has 0 aliphatic carbocycles. The topological polar surface area (TPSA) is 78.2 Å². The lowest BCUT2D eigenvalue weighted by Gasteiger charge is -2.32. The molecule has 1 fully saturated rings. The molecule has 7 heteroatoms. The maximum absolute atomic E-state index is 13.2. The molecule has 0 unspecified atom stereocenters. The van der Waals surface area contributed by atoms with E-state index in [-0.39, 0.29) is 30.7 Å². The summed E-state index contributed by atoms with van der Waals surface area (Å²) in [6.07, 6.45) is 2.13. The van der Waals surface area contributed by atoms with Crippen LogP contribution < -0.4 is 10.2 Å². The van der Waals surface area contributed by atoms with E-state index in [0.717, 1.165) is 29.7 Å². The normalized spacial score (nSPS) is 15.1. The van der Waals surface area contributed by atoms with Crippen molar-refractivity contribution >= 4 is 16.9 Å². The summed E-state index contributed by atoms with van der Waals surface area (Å²) < 4.78 is 21.9. The molecule has 0 bridgehead atoms. The predicted octanol–water partition coefficient (Wildman–Crippen LogP) is 3.00. The SMILES string of the molecule is CCc1c(C2CCN(C(=O)COC)CC2)oc2c(C)c(OCOC)ccc2c1=O. The molecule has 3 rings (SSSR count). The van der Waals surface area contributed by atoms with Crippen LogP contribution >= 0.6 is 0 Å². The number of ether oxygens (including phenoxy) is 3. The fourth-order valence-electron chi connectivity index (χ4n) is 3.98. The van der Waals surface area contributed by atoms with Crippen LogP contribution in [0.1, 0.15) is 42.6 Å². The van der Waals surface area contributed by atoms with Crippen molar-refractivity contribution in [3.05, 3.63) is 39.2 Å². The first-order valence-electron chi connectivity index (χ1n) is 9.99. The van der Waals surface area contributed by atoms with Gasteiger partial charge in [-0.15, -0.1) is 0 Å². The molecule has 1 aliphatic rings. The Labute approximate surface area is 170 Å². The van der Waals surface area contributed by atoms with E-state index in [2.05, 4.69) is 0 Å². The van der Waals surface area contributed by atoms with E-state index in [4.69, 9.17) is 18.6 Å². The number of fused-ring (bicyclic) bond motifs is 1. The molecule has 0 N–H and O–H groups in total. The minimum absolute atomic E-state index is 0.00240. The number of rotatable bonds is 7. The van der Waals surface area contributed by atoms with Gasteiger partial charge in [0.1, 0.15) is 23.7 Å². The van der Waals surface area contributed by atoms with Crippen LogP contribution in [0.3, 0.4) is 0 Å². The van der Waals surface area contributed by atoms with Crippen LogP contribution in [0.5, 0.6) is 5.75 Å². The van der Waals surface area contributed by atoms with Crippen LogP contribution in [0.25, 0.3) is 11.0 Å². The Bertz CT molecular complexity index is 927. The zero-order valence-electron chi connectivity index (χ0n) is 17.6. The van der Waals surface area contributed by atoms with Crippen molar-refractivity contribution in [3.8, 4) is 5.75 Å². The number of hydrogen-bond acceptors (Lipinski definition) is 6. The van der Waals surface area contributed by atoms with Gasteiger partial charge in [0.2, 0.25) is 5.91 Å². The minimum atomic E-state index is -0.00240. The first-order chi connectivity index (χ1) is 14.0. The Morgan fingerprint density at radius 2 is 1.93 bits per heavy atom. The van der Waals surface area contributed by atoms with Gasteiger partial charge in [-0.25, -0.2) is 0 Å². The van der Waals surface area contributed by atoms with Gasteiger partial charge in [0.05, 0.1) is 5.39 Å². The third kappa shape index (κ3) is 4.31. The molecule has 0 spiro atoms. The molecule has 0 atom stereocenters. The predicted molar refractivity (Wildman–Crippen MR) is 110 cm³/mol. The number of nitrogens with zero attached hydrogens (tertiary/aromatic N) is 1. The highest BCUT2D eigenvalue weighted by Gasteiger charge is 2.28. The Morgan fingerprint density at radius 1 is 1.21 bits per heavy atom. The standard InChI is InChI=1S/C22H29NO6/c1-5-16-20(25)17-6-7-18(28-13-27-4)14(2)21(17)29-22(16)15-8-10-23(11-9-15)19(24)12-26-3/h6-7,15H,5,8-13H2,1-4H3. The van der Waals surface area contributed by atoms with Crippen LogP contribution in [-0.2, 0) is 20.7 Å². The molecule has 2 heterocycles. The fourth-order valence-corrected chi connectivity index (χ4v) is 3.98. The van der Waals surface area contributed by atoms with Gasteiger partial charge >= 0.3 is 0 Å². The third-order valence-corrected chi connectivity index (χ3v) is 5.56. The maximum Gasteiger partial charge on any atom is 0.248 e. The molecule has 158 valence electrons. The van der Waals surface area contributed by atoms with Crippen molar-refractivity contribution in [1.82, 2.24) is 4.90 Å². The highest BCUT2D eigenvalue weighted by molar-refractivity contribution is 5.82. The second-order valence-corrected chi connectivity index (χ2v) is 7.33. The summed E-state index contributed by atoms with van der Waals surface area (Å²) in [5.74, 6) is 1.49. The van der Waals surface area contributed by atoms with Crippen LogP contribution in [0.2, 0.25) is 0 Å². The number of hydrogen-bond donors (Lipinski definition) is 0. The van der Waals surface area contributed by atoms with E-state index in [0.29, 0.717) is 36.2 Å². The monoisotopic (exact) mass is 403 g/mol. The number of aryl methyl sites for hydroxylation is 1. The van der Waals surface area contributed by atoms with Gasteiger partial charge in [0.25, 0.3) is 0 Å². The van der Waals surface area contributed by atoms with Gasteiger partial charge in [-0.2, -0.15) is 0 Å². The quantitative estimate of drug-likeness (QED) is 0.662. The molecule has 1 saturated heterocycles. The molecular weight excluding hydrogens is 374 g/mol. The van der Waals surface area contributed by atoms with Crippen molar-refractivity contribution in [1.29, 1.82) is 0 Å². The fraction of sp³-hybridized carbons (Fsp3) is 0.545. The van der Waals surface area contributed by atoms with Crippen LogP contribution in [0.15, 0.2) is 21.3 Å². The van der Waals surface area contributed by atoms with Crippen molar-refractivity contribution in [2.45, 2.75) is 39.0 Å². The molecule has 1 amide bonds. The average Bonchev–Trinajstić information content (AvgIpc) is 2.73. The molecule has 0 radical (unpaired) electrons. The van der Waals surface area contributed by atoms with Crippen molar-refractivity contribution in [3.63, 3.8) is 0 Å². The van der Waals surface area contributed by atoms with Gasteiger partial charge in [0, 0.05) is 44.4 Å². The summed E-state index contributed by atoms with van der Waals surface area (Å²) in [7, 11) is 3.08. The molecule has 2 aromatic rings. The molecule has 1 aromatic carbocycles. The average molecular weight is 403 g/mol. The number of carbonyl (C=O) groups excluding carboxylic acids is 1. The molecule has 0 saturated carbocycles. The number of piperidine rings is 1. The first-order valence-corrected chi connectivity index (χ1v) is 9.99. The second kappa shape index (κ2) is 9.41. The number of methoxy groups -OCH3 is 2. The summed E-state index contributed by atoms with van der Waals surface area (Å²) in [4.78, 5) is 27.0. The van der Waals surface area contributed by atoms with Crippen molar-refractivity contribution < 1.29 is 23.4 Å². The molecule has 7 nitrogen and oxygen atoms in total. The lowest BCUT2D eigenvalue weighted by atomic mass is 9.90. The van der Waals surface area contributed by atoms with E-state index >= 15 is 0 Å². The molecule has 29 heavy (non-hydrogen) atoms. The van der Waals surface area contributed by atoms with E-state index in [1.165, 1.54) is 7.11 Å². The zero-order valence-corrected chi connectivity index (χ0v) is 17.6. The smallest absolute Gasteiger partial charge is 0.248 e. The summed E-state index contributed by atoms with van der Waals surface area (Å²) in [6, 6.07) is 3.54. The Balaban J connectivity index is 1.96. The Kier molecular flexibility index (Phi) is 6.92. The van der Waals surface area contributed by atoms with E-state index in [9.17, 15) is 9.59 Å². The highest BCUT2D eigenvalue weighted by atomic mass is 16.7. The van der Waals surface area contributed by atoms with Gasteiger partial charge in [-0.3, -0.25) is 9.59 Å². The summed E-state index contributed by atoms with van der Waals surface area (Å²) in [5, 5.41) is 0.570. The maximum atomic E-state index is 13.2. The minimum Gasteiger partial charge on any atom is -0.467 e. The number of amides is 1. The van der Waals surface area contributed by atoms with Gasteiger partial charge in [-0.05, 0) is 38.3 Å². The third-order valence-electron chi connectivity index (χ3n) is 5.56. The largest absolute Gasteiger partial charge is 0.467 e. The summed E-state index contributed by atoms with van der Waals surface area (Å²) in [6.45, 7) is 5.35. The molecule has 1 aromatic heterocycles. The molecule has 1 aliphatic heterocycles. The Hall–Kier alpha value is -2.38. The van der Waals surface area contributed by atoms with E-state index in [1.807, 2.05) is 18.7 Å². The van der Waals surface area contributed by atoms with Crippen LogP contribution in [0, 0.1) is 6.92 Å². The van der Waals surface area contributed by atoms with Crippen LogP contribution in [-0.4, -0.2) is 51.5 Å². The van der Waals surface area contributed by atoms with Gasteiger partial charge in [-0.1, -0.05) is 6.92 Å². The second-order valence-electron chi connectivity index (χ2n) is 7.33. The number of carbonyl (C=O) groups is 1. The Morgan fingerprint density at radius 3 is 2.55 bits per heavy atom. The lowest BCUT2D eigenvalue weighted by molar-refractivity contribution is -0.136. The van der Waals surface area contributed by atoms with Crippen LogP contribution in [0.4, 0.5) is 0 Å². The lowest BCUT2D eigenvalue weighted by Crippen LogP contribution is -2.40. The van der Waals surface area contributed by atoms with Gasteiger partial charge in [0.15, 0.2) is 12.2 Å².